The van der Waals surface area contributed by atoms with E-state index in [2.05, 4.69) is 17.1 Å². The fraction of sp³-hybridized carbons (Fsp3) is 0.923. The number of nitrogens with one attached hydrogen (secondary N) is 1. The fourth-order valence-electron chi connectivity index (χ4n) is 2.64. The summed E-state index contributed by atoms with van der Waals surface area (Å²) < 4.78 is 5.10. The molecule has 1 saturated heterocycles. The highest BCUT2D eigenvalue weighted by atomic mass is 16.5. The number of hydrogen-bond donors (Lipinski definition) is 1. The Kier molecular flexibility index (Phi) is 4.40. The molecule has 2 atom stereocenters. The SMILES string of the molecule is COCCN(C(=O)C1CCNC(C)C1)C1CC1. The standard InChI is InChI=1S/C13H24N2O2/c1-10-9-11(5-6-14-10)13(16)15(7-8-17-2)12-3-4-12/h10-12,14H,3-9H2,1-2H3. The Balaban J connectivity index is 1.90. The van der Waals surface area contributed by atoms with Crippen LogP contribution in [0.5, 0.6) is 0 Å². The number of carbonyl (C=O) groups excluding carboxylic acids is 1. The summed E-state index contributed by atoms with van der Waals surface area (Å²) in [6.07, 6.45) is 4.32. The average molecular weight is 240 g/mol. The number of piperidine rings is 1. The number of amides is 1. The summed E-state index contributed by atoms with van der Waals surface area (Å²) in [5.41, 5.74) is 0. The van der Waals surface area contributed by atoms with E-state index < -0.39 is 0 Å². The lowest BCUT2D eigenvalue weighted by atomic mass is 9.92. The normalized spacial score (nSPS) is 29.1. The van der Waals surface area contributed by atoms with Crippen molar-refractivity contribution in [1.29, 1.82) is 0 Å². The lowest BCUT2D eigenvalue weighted by Gasteiger charge is -2.32. The van der Waals surface area contributed by atoms with E-state index in [1.165, 1.54) is 12.8 Å². The van der Waals surface area contributed by atoms with E-state index in [1.54, 1.807) is 7.11 Å². The minimum atomic E-state index is 0.226. The second-order valence-electron chi connectivity index (χ2n) is 5.33. The van der Waals surface area contributed by atoms with Crippen molar-refractivity contribution in [3.63, 3.8) is 0 Å². The third-order valence-corrected chi connectivity index (χ3v) is 3.78. The van der Waals surface area contributed by atoms with E-state index in [1.807, 2.05) is 0 Å². The zero-order chi connectivity index (χ0) is 12.3. The molecular formula is C13H24N2O2. The maximum absolute atomic E-state index is 12.5. The second kappa shape index (κ2) is 5.83. The highest BCUT2D eigenvalue weighted by Crippen LogP contribution is 2.30. The molecule has 1 amide bonds. The van der Waals surface area contributed by atoms with E-state index in [0.29, 0.717) is 24.6 Å². The van der Waals surface area contributed by atoms with Crippen LogP contribution in [0.15, 0.2) is 0 Å². The Labute approximate surface area is 104 Å². The van der Waals surface area contributed by atoms with Crippen LogP contribution < -0.4 is 5.32 Å². The first-order valence-electron chi connectivity index (χ1n) is 6.75. The molecule has 2 fully saturated rings. The summed E-state index contributed by atoms with van der Waals surface area (Å²) in [6, 6.07) is 0.976. The van der Waals surface area contributed by atoms with Gasteiger partial charge in [-0.2, -0.15) is 0 Å². The van der Waals surface area contributed by atoms with Crippen molar-refractivity contribution in [2.75, 3.05) is 26.8 Å². The molecule has 4 nitrogen and oxygen atoms in total. The highest BCUT2D eigenvalue weighted by Gasteiger charge is 2.36. The van der Waals surface area contributed by atoms with Gasteiger partial charge < -0.3 is 15.0 Å². The molecule has 4 heteroatoms. The monoisotopic (exact) mass is 240 g/mol. The predicted octanol–water partition coefficient (Wildman–Crippen LogP) is 1.01. The van der Waals surface area contributed by atoms with Gasteiger partial charge in [0.2, 0.25) is 5.91 Å². The number of nitrogens with zero attached hydrogens (tertiary/aromatic N) is 1. The maximum atomic E-state index is 12.5. The van der Waals surface area contributed by atoms with Crippen LogP contribution in [-0.2, 0) is 9.53 Å². The second-order valence-corrected chi connectivity index (χ2v) is 5.33. The van der Waals surface area contributed by atoms with E-state index >= 15 is 0 Å². The van der Waals surface area contributed by atoms with Crippen molar-refractivity contribution in [3.8, 4) is 0 Å². The Morgan fingerprint density at radius 1 is 1.41 bits per heavy atom. The molecule has 0 radical (unpaired) electrons. The van der Waals surface area contributed by atoms with Gasteiger partial charge >= 0.3 is 0 Å². The Hall–Kier alpha value is -0.610. The van der Waals surface area contributed by atoms with Crippen molar-refractivity contribution in [3.05, 3.63) is 0 Å². The first-order valence-corrected chi connectivity index (χ1v) is 6.75. The number of carbonyl (C=O) groups is 1. The van der Waals surface area contributed by atoms with Gasteiger partial charge in [0.1, 0.15) is 0 Å². The Bertz CT molecular complexity index is 266. The molecule has 1 saturated carbocycles. The Morgan fingerprint density at radius 2 is 2.18 bits per heavy atom. The summed E-state index contributed by atoms with van der Waals surface area (Å²) in [6.45, 7) is 4.55. The maximum Gasteiger partial charge on any atom is 0.226 e. The van der Waals surface area contributed by atoms with E-state index in [0.717, 1.165) is 25.9 Å². The van der Waals surface area contributed by atoms with E-state index in [4.69, 9.17) is 4.74 Å². The number of hydrogen-bond acceptors (Lipinski definition) is 3. The van der Waals surface area contributed by atoms with Crippen molar-refractivity contribution < 1.29 is 9.53 Å². The van der Waals surface area contributed by atoms with Gasteiger partial charge in [-0.1, -0.05) is 0 Å². The molecule has 2 rings (SSSR count). The first kappa shape index (κ1) is 12.8. The molecule has 1 heterocycles. The van der Waals surface area contributed by atoms with Crippen LogP contribution in [-0.4, -0.2) is 49.7 Å². The molecule has 0 bridgehead atoms. The Morgan fingerprint density at radius 3 is 2.76 bits per heavy atom. The molecule has 1 N–H and O–H groups in total. The van der Waals surface area contributed by atoms with Gasteiger partial charge in [-0.05, 0) is 39.2 Å². The topological polar surface area (TPSA) is 41.6 Å². The third kappa shape index (κ3) is 3.42. The molecule has 0 aromatic heterocycles. The van der Waals surface area contributed by atoms with E-state index in [9.17, 15) is 4.79 Å². The zero-order valence-electron chi connectivity index (χ0n) is 10.9. The largest absolute Gasteiger partial charge is 0.383 e. The lowest BCUT2D eigenvalue weighted by molar-refractivity contribution is -0.138. The molecule has 2 aliphatic rings. The number of rotatable bonds is 5. The molecule has 1 aliphatic carbocycles. The molecule has 2 unspecified atom stereocenters. The third-order valence-electron chi connectivity index (χ3n) is 3.78. The fourth-order valence-corrected chi connectivity index (χ4v) is 2.64. The lowest BCUT2D eigenvalue weighted by Crippen LogP contribution is -2.45. The molecule has 1 aliphatic heterocycles. The van der Waals surface area contributed by atoms with Crippen molar-refractivity contribution in [1.82, 2.24) is 10.2 Å². The van der Waals surface area contributed by atoms with Gasteiger partial charge in [0.25, 0.3) is 0 Å². The molecule has 98 valence electrons. The molecule has 0 aromatic carbocycles. The smallest absolute Gasteiger partial charge is 0.226 e. The molecule has 0 spiro atoms. The number of methoxy groups -OCH3 is 1. The summed E-state index contributed by atoms with van der Waals surface area (Å²) in [5, 5.41) is 3.40. The zero-order valence-corrected chi connectivity index (χ0v) is 10.9. The predicted molar refractivity (Wildman–Crippen MR) is 66.8 cm³/mol. The number of ether oxygens (including phenoxy) is 1. The van der Waals surface area contributed by atoms with Crippen LogP contribution in [0, 0.1) is 5.92 Å². The van der Waals surface area contributed by atoms with Gasteiger partial charge in [-0.25, -0.2) is 0 Å². The average Bonchev–Trinajstić information content (AvgIpc) is 3.14. The summed E-state index contributed by atoms with van der Waals surface area (Å²) >= 11 is 0. The quantitative estimate of drug-likeness (QED) is 0.780. The van der Waals surface area contributed by atoms with Crippen molar-refractivity contribution in [2.24, 2.45) is 5.92 Å². The van der Waals surface area contributed by atoms with Crippen LogP contribution in [0.1, 0.15) is 32.6 Å². The van der Waals surface area contributed by atoms with Crippen LogP contribution >= 0.6 is 0 Å². The molecule has 0 aromatic rings. The summed E-state index contributed by atoms with van der Waals surface area (Å²) in [4.78, 5) is 14.5. The van der Waals surface area contributed by atoms with Crippen LogP contribution in [0.2, 0.25) is 0 Å². The summed E-state index contributed by atoms with van der Waals surface area (Å²) in [7, 11) is 1.70. The molecule has 17 heavy (non-hydrogen) atoms. The van der Waals surface area contributed by atoms with Gasteiger partial charge in [-0.3, -0.25) is 4.79 Å². The highest BCUT2D eigenvalue weighted by molar-refractivity contribution is 5.79. The summed E-state index contributed by atoms with van der Waals surface area (Å²) in [5.74, 6) is 0.585. The van der Waals surface area contributed by atoms with Crippen LogP contribution in [0.4, 0.5) is 0 Å². The van der Waals surface area contributed by atoms with Crippen LogP contribution in [0.3, 0.4) is 0 Å². The molecular weight excluding hydrogens is 216 g/mol. The van der Waals surface area contributed by atoms with E-state index in [-0.39, 0.29) is 5.92 Å². The van der Waals surface area contributed by atoms with Gasteiger partial charge in [-0.15, -0.1) is 0 Å². The van der Waals surface area contributed by atoms with Gasteiger partial charge in [0.15, 0.2) is 0 Å². The van der Waals surface area contributed by atoms with Gasteiger partial charge in [0.05, 0.1) is 6.61 Å². The van der Waals surface area contributed by atoms with Crippen molar-refractivity contribution >= 4 is 5.91 Å². The first-order chi connectivity index (χ1) is 8.22. The van der Waals surface area contributed by atoms with Gasteiger partial charge in [0, 0.05) is 31.7 Å². The minimum Gasteiger partial charge on any atom is -0.383 e. The minimum absolute atomic E-state index is 0.226. The van der Waals surface area contributed by atoms with Crippen LogP contribution in [0.25, 0.3) is 0 Å². The van der Waals surface area contributed by atoms with Crippen molar-refractivity contribution in [2.45, 2.75) is 44.7 Å².